The Morgan fingerprint density at radius 1 is 1.33 bits per heavy atom. The van der Waals surface area contributed by atoms with Gasteiger partial charge in [-0.1, -0.05) is 0 Å². The van der Waals surface area contributed by atoms with Crippen LogP contribution in [-0.4, -0.2) is 26.8 Å². The van der Waals surface area contributed by atoms with Crippen LogP contribution in [0.3, 0.4) is 0 Å². The van der Waals surface area contributed by atoms with Crippen LogP contribution in [0, 0.1) is 6.92 Å². The Hall–Kier alpha value is -1.41. The minimum atomic E-state index is -3.78. The molecule has 8 heteroatoms. The van der Waals surface area contributed by atoms with E-state index in [1.165, 1.54) is 13.0 Å². The van der Waals surface area contributed by atoms with Crippen molar-refractivity contribution in [2.45, 2.75) is 24.5 Å². The zero-order valence-corrected chi connectivity index (χ0v) is 11.7. The molecule has 0 spiro atoms. The molecule has 2 N–H and O–H groups in total. The van der Waals surface area contributed by atoms with E-state index in [2.05, 4.69) is 5.32 Å². The lowest BCUT2D eigenvalue weighted by molar-refractivity contribution is -0.120. The number of amides is 2. The molecule has 0 aliphatic heterocycles. The lowest BCUT2D eigenvalue weighted by Crippen LogP contribution is -2.33. The highest BCUT2D eigenvalue weighted by Crippen LogP contribution is 2.20. The number of sulfonamides is 1. The molecule has 0 saturated carbocycles. The first-order valence-electron chi connectivity index (χ1n) is 5.18. The predicted molar refractivity (Wildman–Crippen MR) is 67.7 cm³/mol. The fraction of sp³-hybridized carbons (Fsp3) is 0.400. The number of hydrogen-bond donors (Lipinski definition) is 2. The zero-order valence-electron chi connectivity index (χ0n) is 10.0. The van der Waals surface area contributed by atoms with E-state index in [4.69, 9.17) is 0 Å². The largest absolute Gasteiger partial charge is 0.356 e. The van der Waals surface area contributed by atoms with Crippen molar-refractivity contribution in [3.05, 3.63) is 17.0 Å². The van der Waals surface area contributed by atoms with E-state index in [0.717, 1.165) is 16.2 Å². The average Bonchev–Trinajstić information content (AvgIpc) is 2.64. The number of carbonyl (C=O) groups excluding carboxylic acids is 2. The molecule has 0 saturated heterocycles. The summed E-state index contributed by atoms with van der Waals surface area (Å²) in [6.07, 6.45) is -0.0802. The number of hydrogen-bond acceptors (Lipinski definition) is 5. The van der Waals surface area contributed by atoms with E-state index >= 15 is 0 Å². The summed E-state index contributed by atoms with van der Waals surface area (Å²) >= 11 is 1.09. The predicted octanol–water partition coefficient (Wildman–Crippen LogP) is 0.388. The fourth-order valence-electron chi connectivity index (χ4n) is 1.16. The molecule has 2 amide bonds. The van der Waals surface area contributed by atoms with Crippen LogP contribution in [0.2, 0.25) is 0 Å². The number of rotatable bonds is 5. The van der Waals surface area contributed by atoms with Crippen LogP contribution in [0.5, 0.6) is 0 Å². The summed E-state index contributed by atoms with van der Waals surface area (Å²) < 4.78 is 25.5. The first kappa shape index (κ1) is 14.7. The number of aryl methyl sites for hydroxylation is 1. The summed E-state index contributed by atoms with van der Waals surface area (Å²) in [5.74, 6) is -0.908. The third kappa shape index (κ3) is 4.46. The van der Waals surface area contributed by atoms with Crippen molar-refractivity contribution in [1.82, 2.24) is 10.0 Å². The van der Waals surface area contributed by atoms with Crippen molar-refractivity contribution in [3.8, 4) is 0 Å². The second-order valence-electron chi connectivity index (χ2n) is 3.63. The normalized spacial score (nSPS) is 11.0. The summed E-state index contributed by atoms with van der Waals surface area (Å²) in [6, 6.07) is 3.12. The highest BCUT2D eigenvalue weighted by atomic mass is 32.2. The van der Waals surface area contributed by atoms with Crippen molar-refractivity contribution in [2.24, 2.45) is 0 Å². The monoisotopic (exact) mass is 290 g/mol. The van der Waals surface area contributed by atoms with E-state index in [0.29, 0.717) is 0 Å². The average molecular weight is 290 g/mol. The minimum absolute atomic E-state index is 0.0802. The number of nitrogens with one attached hydrogen (secondary N) is 2. The van der Waals surface area contributed by atoms with Gasteiger partial charge in [-0.05, 0) is 19.1 Å². The molecular weight excluding hydrogens is 276 g/mol. The van der Waals surface area contributed by atoms with E-state index in [1.54, 1.807) is 13.0 Å². The molecule has 0 aliphatic carbocycles. The molecule has 0 radical (unpaired) electrons. The Labute approximate surface area is 109 Å². The maximum atomic E-state index is 11.7. The van der Waals surface area contributed by atoms with E-state index in [-0.39, 0.29) is 23.1 Å². The van der Waals surface area contributed by atoms with Crippen molar-refractivity contribution in [2.75, 3.05) is 6.54 Å². The molecule has 0 bridgehead atoms. The molecule has 0 fully saturated rings. The van der Waals surface area contributed by atoms with Crippen LogP contribution in [-0.2, 0) is 19.6 Å². The lowest BCUT2D eigenvalue weighted by atomic mass is 10.4. The maximum Gasteiger partial charge on any atom is 0.273 e. The van der Waals surface area contributed by atoms with Crippen LogP contribution < -0.4 is 10.0 Å². The van der Waals surface area contributed by atoms with Gasteiger partial charge in [-0.3, -0.25) is 9.59 Å². The van der Waals surface area contributed by atoms with Crippen molar-refractivity contribution in [1.29, 1.82) is 0 Å². The van der Waals surface area contributed by atoms with E-state index in [1.807, 2.05) is 4.72 Å². The SMILES string of the molecule is CC(=O)NCCC(=O)NS(=O)(=O)c1ccc(C)s1. The van der Waals surface area contributed by atoms with Crippen LogP contribution in [0.1, 0.15) is 18.2 Å². The zero-order chi connectivity index (χ0) is 13.8. The standard InChI is InChI=1S/C10H14N2O4S2/c1-7-3-4-10(17-7)18(15,16)12-9(14)5-6-11-8(2)13/h3-4H,5-6H2,1-2H3,(H,11,13)(H,12,14). The third-order valence-corrected chi connectivity index (χ3v) is 4.82. The van der Waals surface area contributed by atoms with Crippen LogP contribution in [0.15, 0.2) is 16.3 Å². The Morgan fingerprint density at radius 3 is 2.50 bits per heavy atom. The summed E-state index contributed by atoms with van der Waals surface area (Å²) in [5.41, 5.74) is 0. The first-order valence-corrected chi connectivity index (χ1v) is 7.48. The van der Waals surface area contributed by atoms with Gasteiger partial charge in [0.1, 0.15) is 4.21 Å². The molecule has 100 valence electrons. The van der Waals surface area contributed by atoms with Crippen molar-refractivity contribution in [3.63, 3.8) is 0 Å². The number of thiophene rings is 1. The molecule has 0 aromatic carbocycles. The summed E-state index contributed by atoms with van der Waals surface area (Å²) in [5, 5.41) is 2.41. The van der Waals surface area contributed by atoms with Gasteiger partial charge >= 0.3 is 0 Å². The topological polar surface area (TPSA) is 92.3 Å². The number of carbonyl (C=O) groups is 2. The highest BCUT2D eigenvalue weighted by Gasteiger charge is 2.18. The minimum Gasteiger partial charge on any atom is -0.356 e. The molecule has 0 unspecified atom stereocenters. The molecule has 1 rings (SSSR count). The second-order valence-corrected chi connectivity index (χ2v) is 6.82. The summed E-state index contributed by atoms with van der Waals surface area (Å²) in [4.78, 5) is 22.8. The smallest absolute Gasteiger partial charge is 0.273 e. The molecule has 0 atom stereocenters. The summed E-state index contributed by atoms with van der Waals surface area (Å²) in [6.45, 7) is 3.21. The molecule has 1 heterocycles. The molecule has 6 nitrogen and oxygen atoms in total. The highest BCUT2D eigenvalue weighted by molar-refractivity contribution is 7.92. The van der Waals surface area contributed by atoms with Gasteiger partial charge in [-0.25, -0.2) is 13.1 Å². The van der Waals surface area contributed by atoms with Crippen LogP contribution >= 0.6 is 11.3 Å². The summed E-state index contributed by atoms with van der Waals surface area (Å²) in [7, 11) is -3.78. The molecular formula is C10H14N2O4S2. The van der Waals surface area contributed by atoms with Gasteiger partial charge in [0, 0.05) is 24.8 Å². The molecule has 18 heavy (non-hydrogen) atoms. The van der Waals surface area contributed by atoms with Crippen LogP contribution in [0.4, 0.5) is 0 Å². The van der Waals surface area contributed by atoms with Gasteiger partial charge in [0.2, 0.25) is 11.8 Å². The first-order chi connectivity index (χ1) is 8.31. The second kappa shape index (κ2) is 5.96. The lowest BCUT2D eigenvalue weighted by Gasteiger charge is -2.05. The van der Waals surface area contributed by atoms with Gasteiger partial charge in [-0.15, -0.1) is 11.3 Å². The Balaban J connectivity index is 2.56. The molecule has 1 aromatic heterocycles. The Bertz CT molecular complexity index is 548. The Kier molecular flexibility index (Phi) is 4.85. The van der Waals surface area contributed by atoms with Gasteiger partial charge in [0.05, 0.1) is 0 Å². The van der Waals surface area contributed by atoms with Gasteiger partial charge in [-0.2, -0.15) is 0 Å². The fourth-order valence-corrected chi connectivity index (χ4v) is 3.46. The van der Waals surface area contributed by atoms with Crippen molar-refractivity contribution >= 4 is 33.2 Å². The van der Waals surface area contributed by atoms with E-state index in [9.17, 15) is 18.0 Å². The van der Waals surface area contributed by atoms with Crippen LogP contribution in [0.25, 0.3) is 0 Å². The van der Waals surface area contributed by atoms with Gasteiger partial charge < -0.3 is 5.32 Å². The van der Waals surface area contributed by atoms with Crippen molar-refractivity contribution < 1.29 is 18.0 Å². The molecule has 1 aromatic rings. The quantitative estimate of drug-likeness (QED) is 0.820. The molecule has 0 aliphatic rings. The Morgan fingerprint density at radius 2 is 2.00 bits per heavy atom. The van der Waals surface area contributed by atoms with Gasteiger partial charge in [0.25, 0.3) is 10.0 Å². The third-order valence-electron chi connectivity index (χ3n) is 1.95. The van der Waals surface area contributed by atoms with Gasteiger partial charge in [0.15, 0.2) is 0 Å². The van der Waals surface area contributed by atoms with E-state index < -0.39 is 15.9 Å². The maximum absolute atomic E-state index is 11.7.